The van der Waals surface area contributed by atoms with Crippen molar-refractivity contribution in [1.29, 1.82) is 0 Å². The fraction of sp³-hybridized carbons (Fsp3) is 0.562. The summed E-state index contributed by atoms with van der Waals surface area (Å²) in [5.41, 5.74) is 6.72. The van der Waals surface area contributed by atoms with Gasteiger partial charge in [-0.3, -0.25) is 4.79 Å². The van der Waals surface area contributed by atoms with Crippen molar-refractivity contribution in [3.63, 3.8) is 0 Å². The molecular weight excluding hydrogens is 236 g/mol. The molecule has 0 saturated carbocycles. The van der Waals surface area contributed by atoms with Crippen LogP contribution in [-0.2, 0) is 11.2 Å². The van der Waals surface area contributed by atoms with Crippen molar-refractivity contribution in [2.45, 2.75) is 39.7 Å². The van der Waals surface area contributed by atoms with Crippen molar-refractivity contribution in [1.82, 2.24) is 5.32 Å². The van der Waals surface area contributed by atoms with E-state index in [1.54, 1.807) is 0 Å². The van der Waals surface area contributed by atoms with Gasteiger partial charge in [-0.2, -0.15) is 0 Å². The van der Waals surface area contributed by atoms with Crippen LogP contribution in [0.3, 0.4) is 0 Å². The van der Waals surface area contributed by atoms with E-state index < -0.39 is 0 Å². The molecule has 3 heteroatoms. The lowest BCUT2D eigenvalue weighted by atomic mass is 9.88. The molecule has 1 aromatic carbocycles. The molecule has 0 bridgehead atoms. The summed E-state index contributed by atoms with van der Waals surface area (Å²) < 4.78 is 0. The van der Waals surface area contributed by atoms with Crippen LogP contribution in [-0.4, -0.2) is 18.0 Å². The highest BCUT2D eigenvalue weighted by Gasteiger charge is 2.23. The molecule has 19 heavy (non-hydrogen) atoms. The number of hydrogen-bond donors (Lipinski definition) is 2. The third-order valence-electron chi connectivity index (χ3n) is 3.16. The minimum atomic E-state index is -0.371. The van der Waals surface area contributed by atoms with Crippen LogP contribution in [0.2, 0.25) is 0 Å². The summed E-state index contributed by atoms with van der Waals surface area (Å²) in [5.74, 6) is 0.392. The van der Waals surface area contributed by atoms with Crippen LogP contribution in [0.1, 0.15) is 33.3 Å². The quantitative estimate of drug-likeness (QED) is 0.827. The van der Waals surface area contributed by atoms with Gasteiger partial charge in [0.05, 0.1) is 0 Å². The highest BCUT2D eigenvalue weighted by Crippen LogP contribution is 2.17. The van der Waals surface area contributed by atoms with Crippen LogP contribution in [0.5, 0.6) is 0 Å². The van der Waals surface area contributed by atoms with E-state index in [4.69, 9.17) is 5.73 Å². The topological polar surface area (TPSA) is 55.1 Å². The summed E-state index contributed by atoms with van der Waals surface area (Å²) in [4.78, 5) is 12.3. The van der Waals surface area contributed by atoms with Gasteiger partial charge in [0.1, 0.15) is 0 Å². The van der Waals surface area contributed by atoms with Crippen LogP contribution >= 0.6 is 0 Å². The first-order valence-corrected chi connectivity index (χ1v) is 6.90. The van der Waals surface area contributed by atoms with Gasteiger partial charge in [0.2, 0.25) is 5.91 Å². The summed E-state index contributed by atoms with van der Waals surface area (Å²) in [6, 6.07) is 10.1. The fourth-order valence-electron chi connectivity index (χ4n) is 1.95. The molecule has 0 aliphatic heterocycles. The van der Waals surface area contributed by atoms with Crippen molar-refractivity contribution >= 4 is 5.91 Å². The van der Waals surface area contributed by atoms with Crippen molar-refractivity contribution in [3.05, 3.63) is 35.9 Å². The molecule has 0 aliphatic rings. The lowest BCUT2D eigenvalue weighted by Gasteiger charge is -2.24. The number of rotatable bonds is 6. The molecule has 3 nitrogen and oxygen atoms in total. The zero-order chi connectivity index (χ0) is 14.5. The summed E-state index contributed by atoms with van der Waals surface area (Å²) in [6.07, 6.45) is 0.773. The van der Waals surface area contributed by atoms with E-state index in [1.165, 1.54) is 5.56 Å². The van der Waals surface area contributed by atoms with Crippen LogP contribution in [0.15, 0.2) is 30.3 Å². The van der Waals surface area contributed by atoms with Crippen LogP contribution in [0.4, 0.5) is 0 Å². The third kappa shape index (κ3) is 5.88. The molecule has 0 aromatic heterocycles. The Labute approximate surface area is 116 Å². The van der Waals surface area contributed by atoms with Crippen molar-refractivity contribution in [2.24, 2.45) is 17.6 Å². The normalized spacial score (nSPS) is 13.4. The smallest absolute Gasteiger partial charge is 0.223 e. The minimum Gasteiger partial charge on any atom is -0.354 e. The lowest BCUT2D eigenvalue weighted by Crippen LogP contribution is -2.47. The number of carbonyl (C=O) groups is 1. The lowest BCUT2D eigenvalue weighted by molar-refractivity contribution is -0.126. The second-order valence-corrected chi connectivity index (χ2v) is 6.25. The van der Waals surface area contributed by atoms with E-state index in [1.807, 2.05) is 32.0 Å². The number of hydrogen-bond acceptors (Lipinski definition) is 2. The standard InChI is InChI=1S/C16H26N2O/c1-12(2)14(10-13-8-6-5-7-9-13)15(19)18-11-16(3,4)17/h5-9,12,14H,10-11,17H2,1-4H3,(H,18,19). The van der Waals surface area contributed by atoms with Crippen LogP contribution < -0.4 is 11.1 Å². The van der Waals surface area contributed by atoms with Crippen LogP contribution in [0, 0.1) is 11.8 Å². The molecule has 0 heterocycles. The number of benzene rings is 1. The highest BCUT2D eigenvalue weighted by atomic mass is 16.1. The second-order valence-electron chi connectivity index (χ2n) is 6.25. The molecule has 3 N–H and O–H groups in total. The largest absolute Gasteiger partial charge is 0.354 e. The minimum absolute atomic E-state index is 0.00949. The van der Waals surface area contributed by atoms with E-state index in [2.05, 4.69) is 31.3 Å². The fourth-order valence-corrected chi connectivity index (χ4v) is 1.95. The Balaban J connectivity index is 2.65. The molecule has 0 aliphatic carbocycles. The van der Waals surface area contributed by atoms with Gasteiger partial charge in [-0.25, -0.2) is 0 Å². The molecule has 1 unspecified atom stereocenters. The molecule has 1 rings (SSSR count). The third-order valence-corrected chi connectivity index (χ3v) is 3.16. The van der Waals surface area contributed by atoms with Gasteiger partial charge in [-0.1, -0.05) is 44.2 Å². The molecule has 0 fully saturated rings. The zero-order valence-corrected chi connectivity index (χ0v) is 12.4. The van der Waals surface area contributed by atoms with E-state index in [-0.39, 0.29) is 17.4 Å². The Hall–Kier alpha value is -1.35. The molecule has 0 saturated heterocycles. The number of carbonyl (C=O) groups excluding carboxylic acids is 1. The Morgan fingerprint density at radius 2 is 1.84 bits per heavy atom. The highest BCUT2D eigenvalue weighted by molar-refractivity contribution is 5.79. The van der Waals surface area contributed by atoms with Gasteiger partial charge in [0.15, 0.2) is 0 Å². The van der Waals surface area contributed by atoms with E-state index in [9.17, 15) is 4.79 Å². The maximum absolute atomic E-state index is 12.3. The molecule has 1 atom stereocenters. The monoisotopic (exact) mass is 262 g/mol. The molecular formula is C16H26N2O. The molecule has 0 spiro atoms. The Kier molecular flexibility index (Phi) is 5.55. The van der Waals surface area contributed by atoms with Gasteiger partial charge in [0.25, 0.3) is 0 Å². The molecule has 1 amide bonds. The average Bonchev–Trinajstić information content (AvgIpc) is 2.33. The van der Waals surface area contributed by atoms with Crippen LogP contribution in [0.25, 0.3) is 0 Å². The van der Waals surface area contributed by atoms with E-state index in [0.717, 1.165) is 6.42 Å². The summed E-state index contributed by atoms with van der Waals surface area (Å²) in [5, 5.41) is 2.96. The summed E-state index contributed by atoms with van der Waals surface area (Å²) in [6.45, 7) is 8.50. The maximum atomic E-state index is 12.3. The summed E-state index contributed by atoms with van der Waals surface area (Å²) >= 11 is 0. The summed E-state index contributed by atoms with van der Waals surface area (Å²) in [7, 11) is 0. The van der Waals surface area contributed by atoms with E-state index >= 15 is 0 Å². The van der Waals surface area contributed by atoms with E-state index in [0.29, 0.717) is 12.5 Å². The second kappa shape index (κ2) is 6.71. The SMILES string of the molecule is CC(C)C(Cc1ccccc1)C(=O)NCC(C)(C)N. The first-order valence-electron chi connectivity index (χ1n) is 6.90. The first kappa shape index (κ1) is 15.7. The average molecular weight is 262 g/mol. The van der Waals surface area contributed by atoms with Gasteiger partial charge < -0.3 is 11.1 Å². The van der Waals surface area contributed by atoms with Gasteiger partial charge in [0, 0.05) is 18.0 Å². The van der Waals surface area contributed by atoms with Crippen molar-refractivity contribution < 1.29 is 4.79 Å². The van der Waals surface area contributed by atoms with Crippen molar-refractivity contribution in [2.75, 3.05) is 6.54 Å². The first-order chi connectivity index (χ1) is 8.79. The van der Waals surface area contributed by atoms with Gasteiger partial charge >= 0.3 is 0 Å². The Bertz CT molecular complexity index is 393. The predicted molar refractivity (Wildman–Crippen MR) is 79.8 cm³/mol. The Morgan fingerprint density at radius 1 is 1.26 bits per heavy atom. The molecule has 1 aromatic rings. The number of amides is 1. The zero-order valence-electron chi connectivity index (χ0n) is 12.4. The predicted octanol–water partition coefficient (Wildman–Crippen LogP) is 2.35. The Morgan fingerprint density at radius 3 is 2.32 bits per heavy atom. The van der Waals surface area contributed by atoms with Gasteiger partial charge in [-0.15, -0.1) is 0 Å². The molecule has 106 valence electrons. The number of nitrogens with one attached hydrogen (secondary N) is 1. The van der Waals surface area contributed by atoms with Gasteiger partial charge in [-0.05, 0) is 31.7 Å². The number of nitrogens with two attached hydrogens (primary N) is 1. The maximum Gasteiger partial charge on any atom is 0.223 e. The molecule has 0 radical (unpaired) electrons. The van der Waals surface area contributed by atoms with Crippen molar-refractivity contribution in [3.8, 4) is 0 Å².